The summed E-state index contributed by atoms with van der Waals surface area (Å²) in [6.07, 6.45) is 1.81. The third kappa shape index (κ3) is 2.83. The van der Waals surface area contributed by atoms with Crippen LogP contribution >= 0.6 is 0 Å². The fraction of sp³-hybridized carbons (Fsp3) is 0.130. The molecule has 8 heteroatoms. The lowest BCUT2D eigenvalue weighted by atomic mass is 10.1. The van der Waals surface area contributed by atoms with E-state index in [4.69, 9.17) is 0 Å². The molecule has 0 unspecified atom stereocenters. The van der Waals surface area contributed by atoms with Gasteiger partial charge in [-0.3, -0.25) is 27.7 Å². The Labute approximate surface area is 176 Å². The van der Waals surface area contributed by atoms with Gasteiger partial charge < -0.3 is 0 Å². The minimum Gasteiger partial charge on any atom is -0.292 e. The average Bonchev–Trinajstić information content (AvgIpc) is 3.30. The quantitative estimate of drug-likeness (QED) is 0.424. The summed E-state index contributed by atoms with van der Waals surface area (Å²) in [7, 11) is 1.56. The average molecular weight is 413 g/mol. The van der Waals surface area contributed by atoms with Gasteiger partial charge in [0, 0.05) is 30.2 Å². The van der Waals surface area contributed by atoms with E-state index in [1.807, 2.05) is 48.0 Å². The lowest BCUT2D eigenvalue weighted by molar-refractivity contribution is 0.0969. The smallest absolute Gasteiger partial charge is 0.292 e. The number of hydrogen-bond donors (Lipinski definition) is 0. The second-order valence-electron chi connectivity index (χ2n) is 7.42. The van der Waals surface area contributed by atoms with Gasteiger partial charge in [-0.25, -0.2) is 4.79 Å². The number of carbonyl (C=O) groups is 1. The lowest BCUT2D eigenvalue weighted by Gasteiger charge is -2.07. The predicted molar refractivity (Wildman–Crippen MR) is 117 cm³/mol. The van der Waals surface area contributed by atoms with E-state index in [2.05, 4.69) is 4.98 Å². The molecule has 0 fully saturated rings. The summed E-state index contributed by atoms with van der Waals surface area (Å²) in [4.78, 5) is 43.5. The predicted octanol–water partition coefficient (Wildman–Crippen LogP) is 2.33. The third-order valence-corrected chi connectivity index (χ3v) is 5.44. The van der Waals surface area contributed by atoms with E-state index < -0.39 is 11.2 Å². The zero-order valence-electron chi connectivity index (χ0n) is 17.0. The van der Waals surface area contributed by atoms with Crippen molar-refractivity contribution < 1.29 is 4.79 Å². The van der Waals surface area contributed by atoms with Crippen molar-refractivity contribution in [2.24, 2.45) is 7.05 Å². The molecule has 154 valence electrons. The summed E-state index contributed by atoms with van der Waals surface area (Å²) in [6.45, 7) is 1.59. The number of para-hydroxylation sites is 1. The molecule has 3 heterocycles. The van der Waals surface area contributed by atoms with Crippen molar-refractivity contribution in [3.63, 3.8) is 0 Å². The molecule has 0 N–H and O–H groups in total. The highest BCUT2D eigenvalue weighted by atomic mass is 16.2. The summed E-state index contributed by atoms with van der Waals surface area (Å²) < 4.78 is 5.89. The van der Waals surface area contributed by atoms with Gasteiger partial charge in [0.1, 0.15) is 0 Å². The number of aromatic nitrogens is 5. The molecule has 5 rings (SSSR count). The van der Waals surface area contributed by atoms with E-state index in [0.717, 1.165) is 15.9 Å². The molecule has 31 heavy (non-hydrogen) atoms. The maximum Gasteiger partial charge on any atom is 0.332 e. The number of rotatable bonds is 4. The van der Waals surface area contributed by atoms with Crippen LogP contribution < -0.4 is 11.2 Å². The fourth-order valence-electron chi connectivity index (χ4n) is 3.91. The highest BCUT2D eigenvalue weighted by Gasteiger charge is 2.22. The van der Waals surface area contributed by atoms with Gasteiger partial charge in [0.2, 0.25) is 5.78 Å². The Morgan fingerprint density at radius 2 is 1.61 bits per heavy atom. The number of nitrogens with zero attached hydrogens (tertiary/aromatic N) is 5. The molecule has 0 radical (unpaired) electrons. The molecule has 8 nitrogen and oxygen atoms in total. The van der Waals surface area contributed by atoms with Crippen molar-refractivity contribution in [3.8, 4) is 5.69 Å². The minimum atomic E-state index is -0.578. The summed E-state index contributed by atoms with van der Waals surface area (Å²) in [5.74, 6) is 0.218. The second kappa shape index (κ2) is 6.94. The monoisotopic (exact) mass is 413 g/mol. The zero-order chi connectivity index (χ0) is 21.7. The van der Waals surface area contributed by atoms with E-state index in [-0.39, 0.29) is 23.5 Å². The summed E-state index contributed by atoms with van der Waals surface area (Å²) in [5.41, 5.74) is 1.64. The number of hydrogen-bond acceptors (Lipinski definition) is 4. The Kier molecular flexibility index (Phi) is 4.21. The number of imidazole rings is 2. The largest absolute Gasteiger partial charge is 0.332 e. The van der Waals surface area contributed by atoms with Gasteiger partial charge in [-0.2, -0.15) is 4.98 Å². The van der Waals surface area contributed by atoms with Crippen LogP contribution in [0.5, 0.6) is 0 Å². The van der Waals surface area contributed by atoms with Crippen LogP contribution in [0.4, 0.5) is 0 Å². The molecule has 0 aliphatic rings. The number of aryl methyl sites for hydroxylation is 2. The molecule has 0 spiro atoms. The van der Waals surface area contributed by atoms with Crippen molar-refractivity contribution in [2.75, 3.05) is 0 Å². The van der Waals surface area contributed by atoms with E-state index >= 15 is 0 Å². The number of fused-ring (bicyclic) bond motifs is 3. The van der Waals surface area contributed by atoms with Gasteiger partial charge in [-0.05, 0) is 19.1 Å². The first-order valence-corrected chi connectivity index (χ1v) is 9.81. The number of carbonyl (C=O) groups excluding carboxylic acids is 1. The molecule has 2 aromatic carbocycles. The Bertz CT molecular complexity index is 1570. The number of ketones is 1. The van der Waals surface area contributed by atoms with Crippen LogP contribution in [0.25, 0.3) is 22.6 Å². The summed E-state index contributed by atoms with van der Waals surface area (Å²) in [6, 6.07) is 18.3. The Balaban J connectivity index is 1.75. The SMILES string of the molecule is Cc1cn2c3c(=O)n(CC(=O)c4ccccc4)c(=O)n(C)c3nc2n1-c1ccccc1. The molecule has 3 aromatic heterocycles. The zero-order valence-corrected chi connectivity index (χ0v) is 17.0. The van der Waals surface area contributed by atoms with Crippen molar-refractivity contribution >= 4 is 22.7 Å². The Hall–Kier alpha value is -4.20. The van der Waals surface area contributed by atoms with Gasteiger partial charge in [-0.1, -0.05) is 48.5 Å². The van der Waals surface area contributed by atoms with Crippen molar-refractivity contribution in [1.82, 2.24) is 23.1 Å². The molecule has 0 aliphatic carbocycles. The highest BCUT2D eigenvalue weighted by Crippen LogP contribution is 2.20. The standard InChI is InChI=1S/C23H19N5O3/c1-15-13-26-19-20(24-22(26)28(15)17-11-7-4-8-12-17)25(2)23(31)27(21(19)30)14-18(29)16-9-5-3-6-10-16/h3-13H,14H2,1-2H3. The first-order valence-electron chi connectivity index (χ1n) is 9.81. The molecule has 0 atom stereocenters. The van der Waals surface area contributed by atoms with Crippen LogP contribution in [0.15, 0.2) is 76.4 Å². The van der Waals surface area contributed by atoms with Crippen LogP contribution in [0.2, 0.25) is 0 Å². The maximum absolute atomic E-state index is 13.3. The van der Waals surface area contributed by atoms with Crippen LogP contribution in [0.3, 0.4) is 0 Å². The molecule has 0 bridgehead atoms. The number of Topliss-reactive ketones (excluding diaryl/α,β-unsaturated/α-hetero) is 1. The second-order valence-corrected chi connectivity index (χ2v) is 7.42. The van der Waals surface area contributed by atoms with Gasteiger partial charge in [0.05, 0.1) is 6.54 Å². The first-order chi connectivity index (χ1) is 15.0. The van der Waals surface area contributed by atoms with Gasteiger partial charge >= 0.3 is 5.69 Å². The molecular weight excluding hydrogens is 394 g/mol. The third-order valence-electron chi connectivity index (χ3n) is 5.44. The Morgan fingerprint density at radius 3 is 2.29 bits per heavy atom. The lowest BCUT2D eigenvalue weighted by Crippen LogP contribution is -2.41. The Morgan fingerprint density at radius 1 is 0.968 bits per heavy atom. The van der Waals surface area contributed by atoms with Crippen molar-refractivity contribution in [3.05, 3.63) is 99.0 Å². The summed E-state index contributed by atoms with van der Waals surface area (Å²) in [5, 5.41) is 0. The fourth-order valence-corrected chi connectivity index (χ4v) is 3.91. The molecule has 0 aliphatic heterocycles. The van der Waals surface area contributed by atoms with E-state index in [1.165, 1.54) is 4.57 Å². The van der Waals surface area contributed by atoms with Crippen LogP contribution in [-0.4, -0.2) is 28.9 Å². The molecular formula is C23H19N5O3. The van der Waals surface area contributed by atoms with Gasteiger partial charge in [0.25, 0.3) is 5.56 Å². The molecule has 0 saturated carbocycles. The van der Waals surface area contributed by atoms with E-state index in [0.29, 0.717) is 11.3 Å². The molecule has 0 amide bonds. The topological polar surface area (TPSA) is 83.3 Å². The van der Waals surface area contributed by atoms with Crippen LogP contribution in [0.1, 0.15) is 16.1 Å². The van der Waals surface area contributed by atoms with Crippen LogP contribution in [0, 0.1) is 6.92 Å². The van der Waals surface area contributed by atoms with E-state index in [9.17, 15) is 14.4 Å². The maximum atomic E-state index is 13.3. The van der Waals surface area contributed by atoms with Crippen LogP contribution in [-0.2, 0) is 13.6 Å². The van der Waals surface area contributed by atoms with Gasteiger partial charge in [0.15, 0.2) is 16.9 Å². The normalized spacial score (nSPS) is 11.4. The molecule has 0 saturated heterocycles. The van der Waals surface area contributed by atoms with Crippen molar-refractivity contribution in [2.45, 2.75) is 13.5 Å². The first kappa shape index (κ1) is 18.8. The number of benzene rings is 2. The van der Waals surface area contributed by atoms with E-state index in [1.54, 1.807) is 41.8 Å². The van der Waals surface area contributed by atoms with Crippen molar-refractivity contribution in [1.29, 1.82) is 0 Å². The van der Waals surface area contributed by atoms with Gasteiger partial charge in [-0.15, -0.1) is 0 Å². The minimum absolute atomic E-state index is 0.260. The highest BCUT2D eigenvalue weighted by molar-refractivity contribution is 5.96. The molecule has 5 aromatic rings. The summed E-state index contributed by atoms with van der Waals surface area (Å²) >= 11 is 0.